The van der Waals surface area contributed by atoms with E-state index < -0.39 is 17.9 Å². The molecule has 132 valence electrons. The molecule has 2 N–H and O–H groups in total. The molecule has 0 unspecified atom stereocenters. The average Bonchev–Trinajstić information content (AvgIpc) is 2.59. The predicted octanol–water partition coefficient (Wildman–Crippen LogP) is 3.61. The maximum atomic E-state index is 13.0. The lowest BCUT2D eigenvalue weighted by Crippen LogP contribution is -2.33. The fourth-order valence-corrected chi connectivity index (χ4v) is 2.21. The number of nitrogens with zero attached hydrogens (tertiary/aromatic N) is 1. The largest absolute Gasteiger partial charge is 0.462 e. The Morgan fingerprint density at radius 3 is 2.40 bits per heavy atom. The number of hydrogen-bond acceptors (Lipinski definition) is 5. The van der Waals surface area contributed by atoms with Crippen LogP contribution in [0.25, 0.3) is 0 Å². The van der Waals surface area contributed by atoms with E-state index in [1.807, 2.05) is 0 Å². The molecule has 0 aliphatic rings. The third kappa shape index (κ3) is 4.26. The highest BCUT2D eigenvalue weighted by Crippen LogP contribution is 2.27. The van der Waals surface area contributed by atoms with Crippen molar-refractivity contribution in [3.63, 3.8) is 0 Å². The Labute approximate surface area is 144 Å². The Morgan fingerprint density at radius 1 is 1.12 bits per heavy atom. The minimum absolute atomic E-state index is 0.0180. The first-order valence-corrected chi connectivity index (χ1v) is 7.78. The molecule has 0 bridgehead atoms. The van der Waals surface area contributed by atoms with Gasteiger partial charge in [-0.2, -0.15) is 0 Å². The van der Waals surface area contributed by atoms with Crippen molar-refractivity contribution >= 4 is 23.4 Å². The van der Waals surface area contributed by atoms with Crippen molar-refractivity contribution in [1.29, 1.82) is 0 Å². The van der Waals surface area contributed by atoms with Crippen molar-refractivity contribution in [3.8, 4) is 5.75 Å². The van der Waals surface area contributed by atoms with E-state index in [2.05, 4.69) is 0 Å². The summed E-state index contributed by atoms with van der Waals surface area (Å²) in [5, 5.41) is 0. The van der Waals surface area contributed by atoms with Crippen LogP contribution in [0.4, 0.5) is 20.6 Å². The fraction of sp³-hybridized carbons (Fsp3) is 0.222. The highest BCUT2D eigenvalue weighted by Gasteiger charge is 2.20. The number of hydrogen-bond donors (Lipinski definition) is 1. The van der Waals surface area contributed by atoms with E-state index in [0.717, 1.165) is 0 Å². The molecule has 2 aromatic carbocycles. The Morgan fingerprint density at radius 2 is 1.80 bits per heavy atom. The van der Waals surface area contributed by atoms with Crippen LogP contribution in [0.1, 0.15) is 24.2 Å². The summed E-state index contributed by atoms with van der Waals surface area (Å²) in [5.74, 6) is -0.945. The van der Waals surface area contributed by atoms with Gasteiger partial charge < -0.3 is 15.2 Å². The first kappa shape index (κ1) is 18.3. The first-order valence-electron chi connectivity index (χ1n) is 7.78. The van der Waals surface area contributed by atoms with Crippen LogP contribution in [0.2, 0.25) is 0 Å². The molecule has 0 heterocycles. The predicted molar refractivity (Wildman–Crippen MR) is 92.3 cm³/mol. The van der Waals surface area contributed by atoms with Gasteiger partial charge in [-0.25, -0.2) is 14.0 Å². The number of amides is 1. The highest BCUT2D eigenvalue weighted by molar-refractivity contribution is 5.97. The van der Waals surface area contributed by atoms with Gasteiger partial charge in [0.2, 0.25) is 0 Å². The minimum Gasteiger partial charge on any atom is -0.462 e. The minimum atomic E-state index is -0.693. The van der Waals surface area contributed by atoms with Gasteiger partial charge in [-0.3, -0.25) is 4.90 Å². The van der Waals surface area contributed by atoms with Crippen LogP contribution in [-0.2, 0) is 4.74 Å². The van der Waals surface area contributed by atoms with E-state index in [0.29, 0.717) is 12.2 Å². The molecule has 0 saturated heterocycles. The maximum Gasteiger partial charge on any atom is 0.419 e. The van der Waals surface area contributed by atoms with Gasteiger partial charge in [0, 0.05) is 12.2 Å². The molecule has 0 aliphatic heterocycles. The van der Waals surface area contributed by atoms with Crippen molar-refractivity contribution < 1.29 is 23.5 Å². The summed E-state index contributed by atoms with van der Waals surface area (Å²) >= 11 is 0. The summed E-state index contributed by atoms with van der Waals surface area (Å²) < 4.78 is 23.3. The molecule has 0 aliphatic carbocycles. The fourth-order valence-electron chi connectivity index (χ4n) is 2.21. The van der Waals surface area contributed by atoms with E-state index in [1.165, 1.54) is 41.3 Å². The molecule has 2 rings (SSSR count). The lowest BCUT2D eigenvalue weighted by atomic mass is 10.1. The lowest BCUT2D eigenvalue weighted by Gasteiger charge is -2.21. The second-order valence-electron chi connectivity index (χ2n) is 5.03. The quantitative estimate of drug-likeness (QED) is 0.661. The van der Waals surface area contributed by atoms with E-state index in [1.54, 1.807) is 19.9 Å². The second kappa shape index (κ2) is 8.14. The van der Waals surface area contributed by atoms with Gasteiger partial charge in [-0.15, -0.1) is 0 Å². The number of benzene rings is 2. The molecular weight excluding hydrogens is 327 g/mol. The van der Waals surface area contributed by atoms with Gasteiger partial charge in [-0.1, -0.05) is 6.07 Å². The number of carbonyl (C=O) groups excluding carboxylic acids is 2. The topological polar surface area (TPSA) is 81.9 Å². The van der Waals surface area contributed by atoms with Crippen molar-refractivity contribution in [2.24, 2.45) is 0 Å². The molecular formula is C18H19FN2O4. The molecule has 0 aromatic heterocycles. The lowest BCUT2D eigenvalue weighted by molar-refractivity contribution is 0.0527. The summed E-state index contributed by atoms with van der Waals surface area (Å²) in [6.07, 6.45) is -0.693. The number of ether oxygens (including phenoxy) is 2. The monoisotopic (exact) mass is 346 g/mol. The number of halogens is 1. The van der Waals surface area contributed by atoms with E-state index in [4.69, 9.17) is 15.2 Å². The number of nitrogen functional groups attached to an aromatic ring is 1. The number of rotatable bonds is 5. The van der Waals surface area contributed by atoms with E-state index in [-0.39, 0.29) is 23.6 Å². The summed E-state index contributed by atoms with van der Waals surface area (Å²) in [7, 11) is 0. The Kier molecular flexibility index (Phi) is 5.94. The molecule has 0 atom stereocenters. The Balaban J connectivity index is 2.23. The van der Waals surface area contributed by atoms with E-state index in [9.17, 15) is 14.0 Å². The van der Waals surface area contributed by atoms with Crippen molar-refractivity contribution in [3.05, 3.63) is 53.8 Å². The number of anilines is 2. The van der Waals surface area contributed by atoms with Crippen LogP contribution in [-0.4, -0.2) is 25.2 Å². The summed E-state index contributed by atoms with van der Waals surface area (Å²) in [6.45, 7) is 3.95. The normalized spacial score (nSPS) is 10.2. The molecule has 0 saturated carbocycles. The zero-order chi connectivity index (χ0) is 18.4. The second-order valence-corrected chi connectivity index (χ2v) is 5.03. The van der Waals surface area contributed by atoms with Crippen molar-refractivity contribution in [1.82, 2.24) is 0 Å². The van der Waals surface area contributed by atoms with Gasteiger partial charge in [0.05, 0.1) is 17.9 Å². The number of carbonyl (C=O) groups is 2. The number of esters is 1. The van der Waals surface area contributed by atoms with Crippen LogP contribution in [0, 0.1) is 5.82 Å². The van der Waals surface area contributed by atoms with Gasteiger partial charge in [0.15, 0.2) is 5.75 Å². The third-order valence-corrected chi connectivity index (χ3v) is 3.43. The SMILES string of the molecule is CCOC(=O)c1cccc(OC(=O)N(CC)c2ccc(F)cc2)c1N. The van der Waals surface area contributed by atoms with Gasteiger partial charge in [0.25, 0.3) is 0 Å². The van der Waals surface area contributed by atoms with Gasteiger partial charge >= 0.3 is 12.1 Å². The zero-order valence-corrected chi connectivity index (χ0v) is 14.0. The molecule has 2 aromatic rings. The van der Waals surface area contributed by atoms with Gasteiger partial charge in [-0.05, 0) is 50.2 Å². The van der Waals surface area contributed by atoms with E-state index >= 15 is 0 Å². The zero-order valence-electron chi connectivity index (χ0n) is 14.0. The van der Waals surface area contributed by atoms with Crippen LogP contribution in [0.15, 0.2) is 42.5 Å². The highest BCUT2D eigenvalue weighted by atomic mass is 19.1. The summed E-state index contributed by atoms with van der Waals surface area (Å²) in [6, 6.07) is 9.95. The molecule has 7 heteroatoms. The molecule has 25 heavy (non-hydrogen) atoms. The molecule has 1 amide bonds. The maximum absolute atomic E-state index is 13.0. The molecule has 0 fully saturated rings. The summed E-state index contributed by atoms with van der Waals surface area (Å²) in [5.41, 5.74) is 6.54. The first-order chi connectivity index (χ1) is 12.0. The van der Waals surface area contributed by atoms with Gasteiger partial charge in [0.1, 0.15) is 5.82 Å². The third-order valence-electron chi connectivity index (χ3n) is 3.43. The molecule has 0 spiro atoms. The van der Waals surface area contributed by atoms with Crippen molar-refractivity contribution in [2.45, 2.75) is 13.8 Å². The van der Waals surface area contributed by atoms with Crippen LogP contribution in [0.5, 0.6) is 5.75 Å². The Hall–Kier alpha value is -3.09. The standard InChI is InChI=1S/C18H19FN2O4/c1-3-21(13-10-8-12(19)9-11-13)18(23)25-15-7-5-6-14(16(15)20)17(22)24-4-2/h5-11H,3-4,20H2,1-2H3. The average molecular weight is 346 g/mol. The molecule has 6 nitrogen and oxygen atoms in total. The molecule has 0 radical (unpaired) electrons. The number of para-hydroxylation sites is 1. The summed E-state index contributed by atoms with van der Waals surface area (Å²) in [4.78, 5) is 25.6. The Bertz CT molecular complexity index is 762. The van der Waals surface area contributed by atoms with Crippen molar-refractivity contribution in [2.75, 3.05) is 23.8 Å². The van der Waals surface area contributed by atoms with Crippen LogP contribution in [0.3, 0.4) is 0 Å². The van der Waals surface area contributed by atoms with Crippen LogP contribution < -0.4 is 15.4 Å². The number of nitrogens with two attached hydrogens (primary N) is 1. The smallest absolute Gasteiger partial charge is 0.419 e. The van der Waals surface area contributed by atoms with Crippen LogP contribution >= 0.6 is 0 Å².